The molecule has 0 atom stereocenters. The Bertz CT molecular complexity index is 687. The van der Waals surface area contributed by atoms with Crippen molar-refractivity contribution in [3.8, 4) is 0 Å². The fraction of sp³-hybridized carbons (Fsp3) is 0.0714. The molecular formula is C14H10F3N3O2. The summed E-state index contributed by atoms with van der Waals surface area (Å²) in [6.45, 7) is 0. The van der Waals surface area contributed by atoms with Crippen LogP contribution in [0.5, 0.6) is 0 Å². The first kappa shape index (κ1) is 15.5. The largest absolute Gasteiger partial charge is 0.418 e. The predicted octanol–water partition coefficient (Wildman–Crippen LogP) is 2.68. The standard InChI is InChI=1S/C14H10F3N3O2/c15-14(16,17)10-5-1-2-6-11(10)20-13(22)12(21)19-9-4-3-7-18-8-9/h1-8H,(H,19,21)(H,20,22). The predicted molar refractivity (Wildman–Crippen MR) is 72.9 cm³/mol. The first-order chi connectivity index (χ1) is 10.4. The van der Waals surface area contributed by atoms with Crippen molar-refractivity contribution in [1.29, 1.82) is 0 Å². The number of carbonyl (C=O) groups excluding carboxylic acids is 2. The lowest BCUT2D eigenvalue weighted by atomic mass is 10.1. The summed E-state index contributed by atoms with van der Waals surface area (Å²) >= 11 is 0. The molecule has 22 heavy (non-hydrogen) atoms. The Balaban J connectivity index is 2.11. The van der Waals surface area contributed by atoms with Gasteiger partial charge in [-0.05, 0) is 24.3 Å². The van der Waals surface area contributed by atoms with E-state index in [0.717, 1.165) is 12.1 Å². The van der Waals surface area contributed by atoms with Crippen LogP contribution in [0.4, 0.5) is 24.5 Å². The topological polar surface area (TPSA) is 71.1 Å². The minimum atomic E-state index is -4.64. The Hall–Kier alpha value is -2.90. The van der Waals surface area contributed by atoms with Crippen molar-refractivity contribution < 1.29 is 22.8 Å². The van der Waals surface area contributed by atoms with E-state index < -0.39 is 29.2 Å². The molecule has 0 radical (unpaired) electrons. The van der Waals surface area contributed by atoms with Gasteiger partial charge in [0.1, 0.15) is 0 Å². The molecule has 8 heteroatoms. The molecule has 0 aliphatic heterocycles. The maximum absolute atomic E-state index is 12.8. The van der Waals surface area contributed by atoms with E-state index in [1.165, 1.54) is 36.7 Å². The average Bonchev–Trinajstić information content (AvgIpc) is 2.47. The molecule has 1 aromatic carbocycles. The molecule has 1 aromatic heterocycles. The van der Waals surface area contributed by atoms with Crippen LogP contribution >= 0.6 is 0 Å². The highest BCUT2D eigenvalue weighted by Gasteiger charge is 2.34. The number of halogens is 3. The Kier molecular flexibility index (Phi) is 4.40. The second kappa shape index (κ2) is 6.25. The molecule has 114 valence electrons. The molecule has 0 spiro atoms. The number of nitrogens with zero attached hydrogens (tertiary/aromatic N) is 1. The number of carbonyl (C=O) groups is 2. The lowest BCUT2D eigenvalue weighted by molar-refractivity contribution is -0.137. The molecule has 0 saturated heterocycles. The van der Waals surface area contributed by atoms with Crippen LogP contribution in [0, 0.1) is 0 Å². The van der Waals surface area contributed by atoms with Crippen LogP contribution in [0.15, 0.2) is 48.8 Å². The van der Waals surface area contributed by atoms with Crippen molar-refractivity contribution in [2.75, 3.05) is 10.6 Å². The van der Waals surface area contributed by atoms with Crippen LogP contribution < -0.4 is 10.6 Å². The third-order valence-corrected chi connectivity index (χ3v) is 2.61. The van der Waals surface area contributed by atoms with Gasteiger partial charge in [-0.25, -0.2) is 0 Å². The van der Waals surface area contributed by atoms with Crippen molar-refractivity contribution in [3.05, 3.63) is 54.4 Å². The minimum absolute atomic E-state index is 0.256. The van der Waals surface area contributed by atoms with Crippen molar-refractivity contribution in [2.24, 2.45) is 0 Å². The molecule has 0 aliphatic carbocycles. The summed E-state index contributed by atoms with van der Waals surface area (Å²) in [5.74, 6) is -2.30. The van der Waals surface area contributed by atoms with E-state index in [4.69, 9.17) is 0 Å². The molecule has 0 fully saturated rings. The lowest BCUT2D eigenvalue weighted by Crippen LogP contribution is -2.30. The van der Waals surface area contributed by atoms with Gasteiger partial charge in [-0.3, -0.25) is 14.6 Å². The van der Waals surface area contributed by atoms with Gasteiger partial charge >= 0.3 is 18.0 Å². The Morgan fingerprint density at radius 2 is 1.64 bits per heavy atom. The summed E-state index contributed by atoms with van der Waals surface area (Å²) in [5.41, 5.74) is -1.26. The summed E-state index contributed by atoms with van der Waals surface area (Å²) in [5, 5.41) is 4.17. The Morgan fingerprint density at radius 3 is 2.27 bits per heavy atom. The maximum atomic E-state index is 12.8. The Labute approximate surface area is 123 Å². The molecule has 2 rings (SSSR count). The van der Waals surface area contributed by atoms with E-state index in [9.17, 15) is 22.8 Å². The normalized spacial score (nSPS) is 10.9. The molecule has 0 saturated carbocycles. The van der Waals surface area contributed by atoms with Gasteiger partial charge in [0.05, 0.1) is 23.1 Å². The van der Waals surface area contributed by atoms with Crippen LogP contribution in [0.2, 0.25) is 0 Å². The van der Waals surface area contributed by atoms with Crippen molar-refractivity contribution in [1.82, 2.24) is 4.98 Å². The molecule has 2 N–H and O–H groups in total. The molecule has 5 nitrogen and oxygen atoms in total. The zero-order chi connectivity index (χ0) is 16.2. The summed E-state index contributed by atoms with van der Waals surface area (Å²) in [7, 11) is 0. The van der Waals surface area contributed by atoms with Crippen LogP contribution in [0.25, 0.3) is 0 Å². The van der Waals surface area contributed by atoms with Crippen molar-refractivity contribution >= 4 is 23.2 Å². The third kappa shape index (κ3) is 3.81. The van der Waals surface area contributed by atoms with E-state index in [1.54, 1.807) is 0 Å². The SMILES string of the molecule is O=C(Nc1cccnc1)C(=O)Nc1ccccc1C(F)(F)F. The number of hydrogen-bond acceptors (Lipinski definition) is 3. The summed E-state index contributed by atoms with van der Waals surface area (Å²) in [6, 6.07) is 7.42. The number of alkyl halides is 3. The number of benzene rings is 1. The van der Waals surface area contributed by atoms with E-state index in [-0.39, 0.29) is 5.69 Å². The first-order valence-corrected chi connectivity index (χ1v) is 6.06. The number of rotatable bonds is 2. The third-order valence-electron chi connectivity index (χ3n) is 2.61. The fourth-order valence-electron chi connectivity index (χ4n) is 1.64. The van der Waals surface area contributed by atoms with Crippen molar-refractivity contribution in [2.45, 2.75) is 6.18 Å². The number of nitrogens with one attached hydrogen (secondary N) is 2. The summed E-state index contributed by atoms with van der Waals surface area (Å²) in [6.07, 6.45) is -1.87. The van der Waals surface area contributed by atoms with Gasteiger partial charge in [0, 0.05) is 6.20 Å². The molecule has 2 aromatic rings. The highest BCUT2D eigenvalue weighted by molar-refractivity contribution is 6.43. The Morgan fingerprint density at radius 1 is 0.955 bits per heavy atom. The second-order valence-corrected chi connectivity index (χ2v) is 4.19. The van der Waals surface area contributed by atoms with E-state index in [1.807, 2.05) is 5.32 Å². The zero-order valence-corrected chi connectivity index (χ0v) is 11.0. The molecule has 0 unspecified atom stereocenters. The van der Waals surface area contributed by atoms with Gasteiger partial charge < -0.3 is 10.6 Å². The van der Waals surface area contributed by atoms with Crippen molar-refractivity contribution in [3.63, 3.8) is 0 Å². The monoisotopic (exact) mass is 309 g/mol. The van der Waals surface area contributed by atoms with Gasteiger partial charge in [-0.15, -0.1) is 0 Å². The highest BCUT2D eigenvalue weighted by Crippen LogP contribution is 2.34. The first-order valence-electron chi connectivity index (χ1n) is 6.06. The fourth-order valence-corrected chi connectivity index (χ4v) is 1.64. The van der Waals surface area contributed by atoms with Crippen LogP contribution in [0.3, 0.4) is 0 Å². The number of para-hydroxylation sites is 1. The van der Waals surface area contributed by atoms with Crippen LogP contribution in [-0.4, -0.2) is 16.8 Å². The maximum Gasteiger partial charge on any atom is 0.418 e. The number of anilines is 2. The van der Waals surface area contributed by atoms with Gasteiger partial charge in [0.25, 0.3) is 0 Å². The average molecular weight is 309 g/mol. The van der Waals surface area contributed by atoms with Crippen LogP contribution in [-0.2, 0) is 15.8 Å². The number of hydrogen-bond donors (Lipinski definition) is 2. The molecule has 1 heterocycles. The van der Waals surface area contributed by atoms with Gasteiger partial charge in [0.15, 0.2) is 0 Å². The van der Waals surface area contributed by atoms with Crippen LogP contribution in [0.1, 0.15) is 5.56 Å². The molecule has 0 aliphatic rings. The minimum Gasteiger partial charge on any atom is -0.317 e. The van der Waals surface area contributed by atoms with Gasteiger partial charge in [-0.2, -0.15) is 13.2 Å². The number of aromatic nitrogens is 1. The van der Waals surface area contributed by atoms with Gasteiger partial charge in [-0.1, -0.05) is 12.1 Å². The highest BCUT2D eigenvalue weighted by atomic mass is 19.4. The quantitative estimate of drug-likeness (QED) is 0.838. The van der Waals surface area contributed by atoms with E-state index >= 15 is 0 Å². The molecular weight excluding hydrogens is 299 g/mol. The lowest BCUT2D eigenvalue weighted by Gasteiger charge is -2.13. The number of amides is 2. The second-order valence-electron chi connectivity index (χ2n) is 4.19. The summed E-state index contributed by atoms with van der Waals surface area (Å²) < 4.78 is 38.4. The smallest absolute Gasteiger partial charge is 0.317 e. The summed E-state index contributed by atoms with van der Waals surface area (Å²) in [4.78, 5) is 27.1. The number of pyridine rings is 1. The van der Waals surface area contributed by atoms with Gasteiger partial charge in [0.2, 0.25) is 0 Å². The van der Waals surface area contributed by atoms with E-state index in [2.05, 4.69) is 10.3 Å². The zero-order valence-electron chi connectivity index (χ0n) is 11.0. The van der Waals surface area contributed by atoms with E-state index in [0.29, 0.717) is 0 Å². The molecule has 0 bridgehead atoms. The molecule has 2 amide bonds.